The lowest BCUT2D eigenvalue weighted by Crippen LogP contribution is -2.53. The third kappa shape index (κ3) is 3.69. The summed E-state index contributed by atoms with van der Waals surface area (Å²) in [6, 6.07) is 6.61. The van der Waals surface area contributed by atoms with Crippen LogP contribution in [0, 0.1) is 29.6 Å². The van der Waals surface area contributed by atoms with Gasteiger partial charge in [0.05, 0.1) is 5.69 Å². The Kier molecular flexibility index (Phi) is 5.19. The van der Waals surface area contributed by atoms with Gasteiger partial charge in [-0.05, 0) is 53.7 Å². The molecule has 1 aromatic carbocycles. The van der Waals surface area contributed by atoms with Crippen molar-refractivity contribution in [2.24, 2.45) is 29.6 Å². The smallest absolute Gasteiger partial charge is 0.303 e. The first-order chi connectivity index (χ1) is 14.5. The molecular formula is C23H28N4O2S. The van der Waals surface area contributed by atoms with Crippen molar-refractivity contribution in [3.05, 3.63) is 36.2 Å². The Balaban J connectivity index is 1.33. The first kappa shape index (κ1) is 19.8. The number of nitrogens with zero attached hydrogens (tertiary/aromatic N) is 3. The standard InChI is InChI=1S/C23H28N4O2S/c1-13-7-14(2)18-12-27(11-17(13)16(18)9-21(28)29)10-15-3-4-20-19(8-15)26-22-23(30-20)25-6-5-24-22/h3-6,8,13-14,16-18H,7,9-12H2,1-2H3,(H,24,26)(H,28,29). The summed E-state index contributed by atoms with van der Waals surface area (Å²) >= 11 is 1.65. The van der Waals surface area contributed by atoms with Gasteiger partial charge in [-0.15, -0.1) is 0 Å². The third-order valence-electron chi connectivity index (χ3n) is 7.23. The van der Waals surface area contributed by atoms with Gasteiger partial charge >= 0.3 is 5.97 Å². The highest BCUT2D eigenvalue weighted by molar-refractivity contribution is 7.99. The van der Waals surface area contributed by atoms with E-state index < -0.39 is 5.97 Å². The number of benzene rings is 1. The molecule has 6 nitrogen and oxygen atoms in total. The Morgan fingerprint density at radius 2 is 1.93 bits per heavy atom. The van der Waals surface area contributed by atoms with E-state index in [1.165, 1.54) is 16.9 Å². The number of carbonyl (C=O) groups is 1. The van der Waals surface area contributed by atoms with Gasteiger partial charge in [0.25, 0.3) is 0 Å². The zero-order valence-electron chi connectivity index (χ0n) is 17.4. The number of piperidine rings is 1. The molecule has 5 rings (SSSR count). The summed E-state index contributed by atoms with van der Waals surface area (Å²) in [5.74, 6) is 2.61. The van der Waals surface area contributed by atoms with Crippen LogP contribution in [-0.2, 0) is 11.3 Å². The summed E-state index contributed by atoms with van der Waals surface area (Å²) in [5, 5.41) is 13.8. The second kappa shape index (κ2) is 7.85. The van der Waals surface area contributed by atoms with Crippen molar-refractivity contribution in [3.8, 4) is 0 Å². The number of hydrogen-bond donors (Lipinski definition) is 2. The Morgan fingerprint density at radius 3 is 2.67 bits per heavy atom. The van der Waals surface area contributed by atoms with Crippen molar-refractivity contribution < 1.29 is 9.90 Å². The van der Waals surface area contributed by atoms with Crippen LogP contribution in [0.4, 0.5) is 11.5 Å². The molecule has 158 valence electrons. The number of aromatic nitrogens is 2. The van der Waals surface area contributed by atoms with E-state index in [0.29, 0.717) is 36.0 Å². The second-order valence-electron chi connectivity index (χ2n) is 9.24. The van der Waals surface area contributed by atoms with Crippen LogP contribution in [0.25, 0.3) is 0 Å². The Hall–Kier alpha value is -2.12. The highest BCUT2D eigenvalue weighted by atomic mass is 32.2. The van der Waals surface area contributed by atoms with Gasteiger partial charge in [0.1, 0.15) is 5.03 Å². The van der Waals surface area contributed by atoms with Crippen molar-refractivity contribution in [2.45, 2.75) is 43.2 Å². The maximum atomic E-state index is 11.5. The molecule has 1 aliphatic carbocycles. The van der Waals surface area contributed by atoms with Gasteiger partial charge in [-0.3, -0.25) is 9.69 Å². The number of fused-ring (bicyclic) bond motifs is 4. The fraction of sp³-hybridized carbons (Fsp3) is 0.522. The van der Waals surface area contributed by atoms with E-state index in [1.807, 2.05) is 0 Å². The van der Waals surface area contributed by atoms with Crippen molar-refractivity contribution in [1.82, 2.24) is 14.9 Å². The zero-order valence-corrected chi connectivity index (χ0v) is 18.2. The van der Waals surface area contributed by atoms with Gasteiger partial charge in [-0.25, -0.2) is 9.97 Å². The molecule has 4 atom stereocenters. The van der Waals surface area contributed by atoms with E-state index >= 15 is 0 Å². The maximum absolute atomic E-state index is 11.5. The highest BCUT2D eigenvalue weighted by Gasteiger charge is 2.46. The molecular weight excluding hydrogens is 396 g/mol. The number of likely N-dealkylation sites (tertiary alicyclic amines) is 1. The van der Waals surface area contributed by atoms with Gasteiger partial charge in [-0.1, -0.05) is 31.7 Å². The molecule has 2 fully saturated rings. The lowest BCUT2D eigenvalue weighted by atomic mass is 9.59. The first-order valence-corrected chi connectivity index (χ1v) is 11.6. The SMILES string of the molecule is CC1CC(C)C2CN(Cc3ccc4c(c3)Nc3nccnc3S4)CC1C2CC(=O)O. The van der Waals surface area contributed by atoms with E-state index in [2.05, 4.69) is 52.2 Å². The Morgan fingerprint density at radius 1 is 1.20 bits per heavy atom. The van der Waals surface area contributed by atoms with Gasteiger partial charge in [-0.2, -0.15) is 0 Å². The molecule has 0 amide bonds. The monoisotopic (exact) mass is 424 g/mol. The summed E-state index contributed by atoms with van der Waals surface area (Å²) in [6.45, 7) is 7.52. The average molecular weight is 425 g/mol. The van der Waals surface area contributed by atoms with E-state index in [0.717, 1.165) is 36.2 Å². The summed E-state index contributed by atoms with van der Waals surface area (Å²) < 4.78 is 0. The van der Waals surface area contributed by atoms with Crippen LogP contribution in [0.5, 0.6) is 0 Å². The first-order valence-electron chi connectivity index (χ1n) is 10.8. The van der Waals surface area contributed by atoms with Crippen LogP contribution in [-0.4, -0.2) is 39.0 Å². The lowest BCUT2D eigenvalue weighted by Gasteiger charge is -2.52. The zero-order chi connectivity index (χ0) is 20.8. The van der Waals surface area contributed by atoms with Crippen molar-refractivity contribution in [2.75, 3.05) is 18.4 Å². The minimum atomic E-state index is -0.647. The van der Waals surface area contributed by atoms with E-state index in [4.69, 9.17) is 0 Å². The van der Waals surface area contributed by atoms with Crippen LogP contribution >= 0.6 is 11.8 Å². The number of carboxylic acid groups (broad SMARTS) is 1. The number of hydrogen-bond acceptors (Lipinski definition) is 6. The quantitative estimate of drug-likeness (QED) is 0.638. The van der Waals surface area contributed by atoms with Crippen LogP contribution in [0.3, 0.4) is 0 Å². The topological polar surface area (TPSA) is 78.3 Å². The lowest BCUT2D eigenvalue weighted by molar-refractivity contribution is -0.142. The normalized spacial score (nSPS) is 30.1. The molecule has 1 aromatic heterocycles. The van der Waals surface area contributed by atoms with Crippen LogP contribution < -0.4 is 5.32 Å². The van der Waals surface area contributed by atoms with Gasteiger partial charge < -0.3 is 10.4 Å². The number of anilines is 2. The summed E-state index contributed by atoms with van der Waals surface area (Å²) in [6.07, 6.45) is 4.97. The average Bonchev–Trinajstić information content (AvgIpc) is 2.71. The van der Waals surface area contributed by atoms with Gasteiger partial charge in [0.2, 0.25) is 0 Å². The van der Waals surface area contributed by atoms with Gasteiger partial charge in [0.15, 0.2) is 5.82 Å². The molecule has 3 heterocycles. The maximum Gasteiger partial charge on any atom is 0.303 e. The van der Waals surface area contributed by atoms with E-state index in [-0.39, 0.29) is 0 Å². The molecule has 2 bridgehead atoms. The molecule has 0 radical (unpaired) electrons. The third-order valence-corrected chi connectivity index (χ3v) is 8.30. The molecule has 7 heteroatoms. The highest BCUT2D eigenvalue weighted by Crippen LogP contribution is 2.48. The molecule has 3 aliphatic rings. The molecule has 4 unspecified atom stereocenters. The summed E-state index contributed by atoms with van der Waals surface area (Å²) in [7, 11) is 0. The predicted octanol–water partition coefficient (Wildman–Crippen LogP) is 4.50. The number of rotatable bonds is 4. The number of nitrogens with one attached hydrogen (secondary N) is 1. The number of carboxylic acids is 1. The molecule has 2 aliphatic heterocycles. The van der Waals surface area contributed by atoms with Crippen LogP contribution in [0.2, 0.25) is 0 Å². The van der Waals surface area contributed by atoms with E-state index in [9.17, 15) is 9.90 Å². The summed E-state index contributed by atoms with van der Waals surface area (Å²) in [5.41, 5.74) is 2.37. The molecule has 2 N–H and O–H groups in total. The molecule has 1 saturated carbocycles. The fourth-order valence-corrected chi connectivity index (χ4v) is 6.75. The van der Waals surface area contributed by atoms with E-state index in [1.54, 1.807) is 24.2 Å². The second-order valence-corrected chi connectivity index (χ2v) is 10.3. The molecule has 30 heavy (non-hydrogen) atoms. The largest absolute Gasteiger partial charge is 0.481 e. The molecule has 0 spiro atoms. The van der Waals surface area contributed by atoms with Crippen molar-refractivity contribution >= 4 is 29.2 Å². The van der Waals surface area contributed by atoms with Crippen molar-refractivity contribution in [1.29, 1.82) is 0 Å². The predicted molar refractivity (Wildman–Crippen MR) is 117 cm³/mol. The fourth-order valence-electron chi connectivity index (χ4n) is 5.87. The molecule has 2 aromatic rings. The Bertz CT molecular complexity index is 950. The van der Waals surface area contributed by atoms with Crippen LogP contribution in [0.1, 0.15) is 32.3 Å². The molecule has 1 saturated heterocycles. The minimum absolute atomic E-state index is 0.314. The Labute approximate surface area is 181 Å². The van der Waals surface area contributed by atoms with Crippen molar-refractivity contribution in [3.63, 3.8) is 0 Å². The summed E-state index contributed by atoms with van der Waals surface area (Å²) in [4.78, 5) is 24.0. The van der Waals surface area contributed by atoms with Gasteiger partial charge in [0, 0.05) is 43.3 Å². The number of aliphatic carboxylic acids is 1. The van der Waals surface area contributed by atoms with Crippen LogP contribution in [0.15, 0.2) is 40.5 Å². The minimum Gasteiger partial charge on any atom is -0.481 e.